The van der Waals surface area contributed by atoms with Crippen molar-refractivity contribution in [1.29, 1.82) is 0 Å². The van der Waals surface area contributed by atoms with Gasteiger partial charge in [-0.1, -0.05) is 25.4 Å². The molecule has 0 atom stereocenters. The second-order valence-electron chi connectivity index (χ2n) is 5.55. The average Bonchev–Trinajstić information content (AvgIpc) is 2.55. The summed E-state index contributed by atoms with van der Waals surface area (Å²) >= 11 is 5.81. The molecule has 3 aromatic rings. The highest BCUT2D eigenvalue weighted by molar-refractivity contribution is 6.32. The van der Waals surface area contributed by atoms with E-state index in [2.05, 4.69) is 4.98 Å². The van der Waals surface area contributed by atoms with Gasteiger partial charge < -0.3 is 0 Å². The van der Waals surface area contributed by atoms with Crippen molar-refractivity contribution >= 4 is 33.4 Å². The molecule has 126 valence electrons. The molecule has 0 bridgehead atoms. The molecular weight excluding hydrogens is 356 g/mol. The van der Waals surface area contributed by atoms with Crippen LogP contribution in [-0.4, -0.2) is 4.98 Å². The van der Waals surface area contributed by atoms with E-state index in [1.54, 1.807) is 13.8 Å². The quantitative estimate of drug-likeness (QED) is 0.224. The van der Waals surface area contributed by atoms with E-state index in [1.165, 1.54) is 0 Å². The predicted molar refractivity (Wildman–Crippen MR) is 78.1 cm³/mol. The minimum atomic E-state index is -2.08. The summed E-state index contributed by atoms with van der Waals surface area (Å²) in [5, 5.41) is -1.33. The van der Waals surface area contributed by atoms with Crippen LogP contribution in [0.25, 0.3) is 21.8 Å². The van der Waals surface area contributed by atoms with Gasteiger partial charge in [0.15, 0.2) is 34.9 Å². The molecule has 0 amide bonds. The molecule has 0 radical (unpaired) electrons. The first-order valence-electron chi connectivity index (χ1n) is 6.79. The van der Waals surface area contributed by atoms with Crippen molar-refractivity contribution < 1.29 is 26.3 Å². The molecule has 0 saturated carbocycles. The van der Waals surface area contributed by atoms with Gasteiger partial charge in [-0.2, -0.15) is 0 Å². The van der Waals surface area contributed by atoms with Crippen LogP contribution >= 0.6 is 11.6 Å². The summed E-state index contributed by atoms with van der Waals surface area (Å²) in [6.07, 6.45) is 0. The van der Waals surface area contributed by atoms with Crippen molar-refractivity contribution in [3.63, 3.8) is 0 Å². The molecule has 2 aromatic carbocycles. The van der Waals surface area contributed by atoms with E-state index in [0.717, 1.165) is 6.07 Å². The third-order valence-corrected chi connectivity index (χ3v) is 4.11. The fraction of sp³-hybridized carbons (Fsp3) is 0.188. The summed E-state index contributed by atoms with van der Waals surface area (Å²) in [7, 11) is 0. The van der Waals surface area contributed by atoms with Gasteiger partial charge >= 0.3 is 0 Å². The van der Waals surface area contributed by atoms with Crippen LogP contribution in [-0.2, 0) is 0 Å². The van der Waals surface area contributed by atoms with Gasteiger partial charge in [0.1, 0.15) is 11.0 Å². The van der Waals surface area contributed by atoms with Crippen LogP contribution in [0, 0.1) is 34.9 Å². The molecule has 0 unspecified atom stereocenters. The number of aromatic nitrogens is 1. The third kappa shape index (κ3) is 2.14. The van der Waals surface area contributed by atoms with Crippen molar-refractivity contribution in [2.45, 2.75) is 19.8 Å². The van der Waals surface area contributed by atoms with Crippen molar-refractivity contribution in [3.8, 4) is 0 Å². The number of nitrogens with zero attached hydrogens (tertiary/aromatic N) is 1. The van der Waals surface area contributed by atoms with Crippen LogP contribution < -0.4 is 0 Å². The molecule has 24 heavy (non-hydrogen) atoms. The lowest BCUT2D eigenvalue weighted by Crippen LogP contribution is -2.04. The molecule has 0 saturated heterocycles. The molecule has 1 nitrogen and oxygen atoms in total. The van der Waals surface area contributed by atoms with Gasteiger partial charge in [-0.25, -0.2) is 31.3 Å². The molecule has 0 aliphatic rings. The Bertz CT molecular complexity index is 1020. The Labute approximate surface area is 136 Å². The Morgan fingerprint density at radius 2 is 1.25 bits per heavy atom. The smallest absolute Gasteiger partial charge is 0.199 e. The van der Waals surface area contributed by atoms with Crippen molar-refractivity contribution in [2.75, 3.05) is 0 Å². The number of pyridine rings is 1. The number of fused-ring (bicyclic) bond motifs is 2. The SMILES string of the molecule is CC(C)c1c(Cl)c(F)c(F)c2nc3c(F)c(F)c(F)c(F)c3cc12. The second-order valence-corrected chi connectivity index (χ2v) is 5.92. The van der Waals surface area contributed by atoms with Crippen LogP contribution in [0.2, 0.25) is 5.02 Å². The number of hydrogen-bond donors (Lipinski definition) is 0. The fourth-order valence-corrected chi connectivity index (χ4v) is 3.04. The molecule has 3 rings (SSSR count). The Hall–Kier alpha value is -2.02. The van der Waals surface area contributed by atoms with Crippen LogP contribution in [0.15, 0.2) is 6.07 Å². The van der Waals surface area contributed by atoms with Gasteiger partial charge in [0.2, 0.25) is 0 Å². The highest BCUT2D eigenvalue weighted by Gasteiger charge is 2.26. The molecule has 1 aromatic heterocycles. The maximum absolute atomic E-state index is 14.1. The minimum Gasteiger partial charge on any atom is -0.241 e. The molecule has 0 N–H and O–H groups in total. The van der Waals surface area contributed by atoms with Crippen LogP contribution in [0.4, 0.5) is 26.3 Å². The molecule has 0 spiro atoms. The Balaban J connectivity index is 2.64. The maximum Gasteiger partial charge on any atom is 0.199 e. The number of hydrogen-bond acceptors (Lipinski definition) is 1. The van der Waals surface area contributed by atoms with Gasteiger partial charge in [0.05, 0.1) is 5.02 Å². The molecule has 1 heterocycles. The van der Waals surface area contributed by atoms with Crippen LogP contribution in [0.3, 0.4) is 0 Å². The zero-order chi connectivity index (χ0) is 17.9. The fourth-order valence-electron chi connectivity index (χ4n) is 2.64. The summed E-state index contributed by atoms with van der Waals surface area (Å²) < 4.78 is 82.7. The Morgan fingerprint density at radius 3 is 1.83 bits per heavy atom. The van der Waals surface area contributed by atoms with Gasteiger partial charge in [-0.15, -0.1) is 0 Å². The Morgan fingerprint density at radius 1 is 0.750 bits per heavy atom. The maximum atomic E-state index is 14.1. The van der Waals surface area contributed by atoms with Crippen molar-refractivity contribution in [2.24, 2.45) is 0 Å². The highest BCUT2D eigenvalue weighted by atomic mass is 35.5. The zero-order valence-electron chi connectivity index (χ0n) is 12.2. The van der Waals surface area contributed by atoms with Gasteiger partial charge in [0, 0.05) is 10.8 Å². The number of halogens is 7. The van der Waals surface area contributed by atoms with Crippen LogP contribution in [0.1, 0.15) is 25.3 Å². The summed E-state index contributed by atoms with van der Waals surface area (Å²) in [5.41, 5.74) is -1.48. The number of rotatable bonds is 1. The Kier molecular flexibility index (Phi) is 3.86. The molecule has 0 aliphatic heterocycles. The lowest BCUT2D eigenvalue weighted by Gasteiger charge is -2.15. The first-order chi connectivity index (χ1) is 11.2. The second kappa shape index (κ2) is 5.51. The zero-order valence-corrected chi connectivity index (χ0v) is 13.0. The van der Waals surface area contributed by atoms with E-state index in [1.807, 2.05) is 0 Å². The summed E-state index contributed by atoms with van der Waals surface area (Å²) in [6.45, 7) is 3.23. The van der Waals surface area contributed by atoms with E-state index in [4.69, 9.17) is 11.6 Å². The summed E-state index contributed by atoms with van der Waals surface area (Å²) in [6, 6.07) is 0.891. The third-order valence-electron chi connectivity index (χ3n) is 3.74. The van der Waals surface area contributed by atoms with E-state index < -0.39 is 62.3 Å². The van der Waals surface area contributed by atoms with Crippen LogP contribution in [0.5, 0.6) is 0 Å². The largest absolute Gasteiger partial charge is 0.241 e. The lowest BCUT2D eigenvalue weighted by atomic mass is 9.96. The van der Waals surface area contributed by atoms with Gasteiger partial charge in [-0.05, 0) is 17.5 Å². The normalized spacial score (nSPS) is 11.9. The minimum absolute atomic E-state index is 0.101. The predicted octanol–water partition coefficient (Wildman–Crippen LogP) is 6.00. The van der Waals surface area contributed by atoms with E-state index >= 15 is 0 Å². The average molecular weight is 364 g/mol. The molecule has 8 heteroatoms. The number of benzene rings is 2. The van der Waals surface area contributed by atoms with E-state index in [-0.39, 0.29) is 10.9 Å². The first kappa shape index (κ1) is 16.8. The standard InChI is InChI=1S/C16H8ClF6N/c1-4(2)7-5-3-6-9(18)11(20)12(21)14(23)16(6)24-15(5)13(22)10(19)8(7)17/h3-4H,1-2H3. The molecule has 0 aliphatic carbocycles. The molecule has 0 fully saturated rings. The lowest BCUT2D eigenvalue weighted by molar-refractivity contribution is 0.417. The summed E-state index contributed by atoms with van der Waals surface area (Å²) in [5.74, 6) is -10.9. The molecular formula is C16H8ClF6N. The summed E-state index contributed by atoms with van der Waals surface area (Å²) in [4.78, 5) is 3.49. The first-order valence-corrected chi connectivity index (χ1v) is 7.17. The monoisotopic (exact) mass is 363 g/mol. The van der Waals surface area contributed by atoms with Crippen molar-refractivity contribution in [1.82, 2.24) is 4.98 Å². The van der Waals surface area contributed by atoms with E-state index in [9.17, 15) is 26.3 Å². The van der Waals surface area contributed by atoms with Gasteiger partial charge in [0.25, 0.3) is 0 Å². The van der Waals surface area contributed by atoms with Crippen molar-refractivity contribution in [3.05, 3.63) is 51.6 Å². The van der Waals surface area contributed by atoms with Gasteiger partial charge in [-0.3, -0.25) is 0 Å². The topological polar surface area (TPSA) is 12.9 Å². The highest BCUT2D eigenvalue weighted by Crippen LogP contribution is 2.38. The van der Waals surface area contributed by atoms with E-state index in [0.29, 0.717) is 0 Å².